The van der Waals surface area contributed by atoms with Gasteiger partial charge in [0.2, 0.25) is 15.9 Å². The van der Waals surface area contributed by atoms with Gasteiger partial charge in [0.05, 0.1) is 18.5 Å². The van der Waals surface area contributed by atoms with E-state index in [0.29, 0.717) is 37.6 Å². The van der Waals surface area contributed by atoms with Gasteiger partial charge >= 0.3 is 0 Å². The summed E-state index contributed by atoms with van der Waals surface area (Å²) in [6.45, 7) is 4.55. The summed E-state index contributed by atoms with van der Waals surface area (Å²) in [5, 5.41) is 2.94. The van der Waals surface area contributed by atoms with Gasteiger partial charge in [-0.25, -0.2) is 13.1 Å². The lowest BCUT2D eigenvalue weighted by molar-refractivity contribution is -0.122. The highest BCUT2D eigenvalue weighted by Crippen LogP contribution is 2.34. The van der Waals surface area contributed by atoms with E-state index in [4.69, 9.17) is 4.74 Å². The summed E-state index contributed by atoms with van der Waals surface area (Å²) in [5.74, 6) is 0.775. The summed E-state index contributed by atoms with van der Waals surface area (Å²) in [6, 6.07) is 22.2. The van der Waals surface area contributed by atoms with Crippen LogP contribution in [0.15, 0.2) is 77.7 Å². The van der Waals surface area contributed by atoms with Crippen molar-refractivity contribution < 1.29 is 17.9 Å². The van der Waals surface area contributed by atoms with E-state index in [-0.39, 0.29) is 16.7 Å². The second kappa shape index (κ2) is 11.7. The molecule has 0 bridgehead atoms. The quantitative estimate of drug-likeness (QED) is 0.399. The van der Waals surface area contributed by atoms with E-state index in [0.717, 1.165) is 36.3 Å². The van der Waals surface area contributed by atoms with Crippen LogP contribution in [-0.2, 0) is 14.8 Å². The Morgan fingerprint density at radius 3 is 2.18 bits per heavy atom. The van der Waals surface area contributed by atoms with Crippen LogP contribution in [0, 0.1) is 5.92 Å². The number of carbonyl (C=O) groups excluding carboxylic acids is 1. The van der Waals surface area contributed by atoms with Crippen molar-refractivity contribution in [1.29, 1.82) is 0 Å². The second-order valence-electron chi connectivity index (χ2n) is 10.2. The van der Waals surface area contributed by atoms with Crippen molar-refractivity contribution in [2.24, 2.45) is 5.92 Å². The van der Waals surface area contributed by atoms with Crippen molar-refractivity contribution >= 4 is 33.0 Å². The van der Waals surface area contributed by atoms with E-state index in [1.807, 2.05) is 67.6 Å². The predicted octanol–water partition coefficient (Wildman–Crippen LogP) is 4.80. The first kappa shape index (κ1) is 27.0. The van der Waals surface area contributed by atoms with E-state index in [9.17, 15) is 13.2 Å². The minimum atomic E-state index is -3.91. The fraction of sp³-hybridized carbons (Fsp3) is 0.367. The van der Waals surface area contributed by atoms with Gasteiger partial charge < -0.3 is 19.9 Å². The molecule has 0 radical (unpaired) electrons. The van der Waals surface area contributed by atoms with Gasteiger partial charge in [-0.15, -0.1) is 0 Å². The molecule has 5 rings (SSSR count). The third-order valence-electron chi connectivity index (χ3n) is 7.67. The van der Waals surface area contributed by atoms with Crippen molar-refractivity contribution in [1.82, 2.24) is 4.72 Å². The maximum Gasteiger partial charge on any atom is 0.243 e. The molecule has 2 aliphatic rings. The normalized spacial score (nSPS) is 16.9. The van der Waals surface area contributed by atoms with Crippen LogP contribution in [0.4, 0.5) is 17.1 Å². The maximum atomic E-state index is 13.8. The monoisotopic (exact) mass is 548 g/mol. The molecule has 1 atom stereocenters. The Balaban J connectivity index is 1.41. The molecular formula is C30H36N4O4S. The van der Waals surface area contributed by atoms with Crippen LogP contribution < -0.4 is 24.6 Å². The van der Waals surface area contributed by atoms with Crippen LogP contribution in [0.3, 0.4) is 0 Å². The first-order chi connectivity index (χ1) is 18.9. The number of methoxy groups -OCH3 is 1. The number of hydrogen-bond donors (Lipinski definition) is 2. The molecule has 9 heteroatoms. The number of nitrogens with zero attached hydrogens (tertiary/aromatic N) is 2. The standard InChI is InChI=1S/C30H36N4O4S/c1-22(23-9-4-3-5-10-23)32-39(36,37)29-21-25(31-30(35)24-11-8-12-24)15-16-27(29)34-19-17-33(18-20-34)26-13-6-7-14-28(26)38-2/h3-7,9-10,13-16,21-22,24,32H,8,11-12,17-20H2,1-2H3,(H,31,35). The van der Waals surface area contributed by atoms with Crippen LogP contribution in [0.25, 0.3) is 0 Å². The van der Waals surface area contributed by atoms with Crippen molar-refractivity contribution in [3.63, 3.8) is 0 Å². The van der Waals surface area contributed by atoms with E-state index in [2.05, 4.69) is 19.8 Å². The van der Waals surface area contributed by atoms with Gasteiger partial charge in [-0.3, -0.25) is 4.79 Å². The Kier molecular flexibility index (Phi) is 8.09. The summed E-state index contributed by atoms with van der Waals surface area (Å²) < 4.78 is 36.0. The summed E-state index contributed by atoms with van der Waals surface area (Å²) in [7, 11) is -2.24. The molecule has 39 heavy (non-hydrogen) atoms. The molecule has 1 saturated heterocycles. The van der Waals surface area contributed by atoms with Crippen LogP contribution in [0.5, 0.6) is 5.75 Å². The first-order valence-corrected chi connectivity index (χ1v) is 15.0. The van der Waals surface area contributed by atoms with Gasteiger partial charge in [0.1, 0.15) is 10.6 Å². The lowest BCUT2D eigenvalue weighted by Gasteiger charge is -2.38. The highest BCUT2D eigenvalue weighted by atomic mass is 32.2. The maximum absolute atomic E-state index is 13.8. The van der Waals surface area contributed by atoms with Crippen LogP contribution in [0.1, 0.15) is 37.8 Å². The highest BCUT2D eigenvalue weighted by molar-refractivity contribution is 7.89. The number of anilines is 3. The van der Waals surface area contributed by atoms with Gasteiger partial charge in [0, 0.05) is 43.8 Å². The van der Waals surface area contributed by atoms with E-state index in [1.165, 1.54) is 0 Å². The van der Waals surface area contributed by atoms with E-state index < -0.39 is 16.1 Å². The number of para-hydroxylation sites is 2. The number of rotatable bonds is 9. The van der Waals surface area contributed by atoms with Crippen LogP contribution in [-0.4, -0.2) is 47.6 Å². The lowest BCUT2D eigenvalue weighted by Crippen LogP contribution is -2.47. The summed E-state index contributed by atoms with van der Waals surface area (Å²) in [4.78, 5) is 17.2. The Labute approximate surface area is 231 Å². The molecule has 1 unspecified atom stereocenters. The summed E-state index contributed by atoms with van der Waals surface area (Å²) in [5.41, 5.74) is 3.03. The molecule has 1 aliphatic heterocycles. The number of carbonyl (C=O) groups is 1. The molecule has 3 aromatic carbocycles. The molecule has 1 aliphatic carbocycles. The number of benzene rings is 3. The van der Waals surface area contributed by atoms with Crippen molar-refractivity contribution in [3.05, 3.63) is 78.4 Å². The van der Waals surface area contributed by atoms with Gasteiger partial charge in [-0.05, 0) is 55.7 Å². The van der Waals surface area contributed by atoms with Crippen molar-refractivity contribution in [2.45, 2.75) is 37.1 Å². The Hall–Kier alpha value is -3.56. The zero-order valence-electron chi connectivity index (χ0n) is 22.5. The summed E-state index contributed by atoms with van der Waals surface area (Å²) >= 11 is 0. The molecule has 1 saturated carbocycles. The van der Waals surface area contributed by atoms with Crippen molar-refractivity contribution in [2.75, 3.05) is 48.4 Å². The SMILES string of the molecule is COc1ccccc1N1CCN(c2ccc(NC(=O)C3CCC3)cc2S(=O)(=O)NC(C)c2ccccc2)CC1. The lowest BCUT2D eigenvalue weighted by atomic mass is 9.85. The number of piperazine rings is 1. The van der Waals surface area contributed by atoms with Gasteiger partial charge in [0.15, 0.2) is 0 Å². The average Bonchev–Trinajstić information content (AvgIpc) is 2.92. The smallest absolute Gasteiger partial charge is 0.243 e. The number of sulfonamides is 1. The van der Waals surface area contributed by atoms with Crippen LogP contribution >= 0.6 is 0 Å². The molecule has 1 heterocycles. The molecule has 1 amide bonds. The molecular weight excluding hydrogens is 512 g/mol. The number of nitrogens with one attached hydrogen (secondary N) is 2. The average molecular weight is 549 g/mol. The van der Waals surface area contributed by atoms with E-state index >= 15 is 0 Å². The Morgan fingerprint density at radius 2 is 1.54 bits per heavy atom. The highest BCUT2D eigenvalue weighted by Gasteiger charge is 2.29. The fourth-order valence-corrected chi connectivity index (χ4v) is 6.65. The first-order valence-electron chi connectivity index (χ1n) is 13.5. The third-order valence-corrected chi connectivity index (χ3v) is 9.24. The van der Waals surface area contributed by atoms with Gasteiger partial charge in [0.25, 0.3) is 0 Å². The molecule has 0 spiro atoms. The third kappa shape index (κ3) is 6.04. The van der Waals surface area contributed by atoms with Gasteiger partial charge in [-0.2, -0.15) is 0 Å². The largest absolute Gasteiger partial charge is 0.495 e. The zero-order valence-corrected chi connectivity index (χ0v) is 23.3. The number of ether oxygens (including phenoxy) is 1. The predicted molar refractivity (Wildman–Crippen MR) is 155 cm³/mol. The minimum absolute atomic E-state index is 0.00372. The Bertz CT molecular complexity index is 1400. The topological polar surface area (TPSA) is 91.0 Å². The molecule has 2 fully saturated rings. The molecule has 0 aromatic heterocycles. The molecule has 3 aromatic rings. The number of hydrogen-bond acceptors (Lipinski definition) is 6. The Morgan fingerprint density at radius 1 is 0.897 bits per heavy atom. The molecule has 2 N–H and O–H groups in total. The summed E-state index contributed by atoms with van der Waals surface area (Å²) in [6.07, 6.45) is 2.81. The fourth-order valence-electron chi connectivity index (χ4n) is 5.17. The van der Waals surface area contributed by atoms with Crippen LogP contribution in [0.2, 0.25) is 0 Å². The second-order valence-corrected chi connectivity index (χ2v) is 11.9. The van der Waals surface area contributed by atoms with Crippen molar-refractivity contribution in [3.8, 4) is 5.75 Å². The number of amides is 1. The van der Waals surface area contributed by atoms with Gasteiger partial charge in [-0.1, -0.05) is 48.9 Å². The molecule has 8 nitrogen and oxygen atoms in total. The molecule has 206 valence electrons. The minimum Gasteiger partial charge on any atom is -0.495 e. The zero-order chi connectivity index (χ0) is 27.4. The van der Waals surface area contributed by atoms with E-state index in [1.54, 1.807) is 19.2 Å².